The quantitative estimate of drug-likeness (QED) is 0.308. The molecule has 0 bridgehead atoms. The lowest BCUT2D eigenvalue weighted by atomic mass is 9.88. The maximum absolute atomic E-state index is 8.66. The molecule has 1 heterocycles. The molecule has 0 saturated carbocycles. The lowest BCUT2D eigenvalue weighted by Crippen LogP contribution is -2.32. The average molecular weight is 312 g/mol. The molecule has 0 aromatic carbocycles. The van der Waals surface area contributed by atoms with Crippen molar-refractivity contribution in [2.24, 2.45) is 10.8 Å². The smallest absolute Gasteiger partial charge is 0.0701 e. The molecule has 0 aliphatic carbocycles. The minimum Gasteiger partial charge on any atom is -0.396 e. The molecule has 1 fully saturated rings. The molecule has 0 atom stereocenters. The second kappa shape index (κ2) is 13.4. The van der Waals surface area contributed by atoms with Gasteiger partial charge in [-0.15, -0.1) is 0 Å². The zero-order chi connectivity index (χ0) is 16.8. The maximum Gasteiger partial charge on any atom is 0.0701 e. The minimum atomic E-state index is -0.667. The summed E-state index contributed by atoms with van der Waals surface area (Å²) in [5, 5.41) is 51.9. The van der Waals surface area contributed by atoms with E-state index in [4.69, 9.17) is 30.6 Å². The van der Waals surface area contributed by atoms with Crippen LogP contribution in [-0.2, 0) is 4.74 Å². The van der Waals surface area contributed by atoms with Crippen molar-refractivity contribution in [3.05, 3.63) is 0 Å². The van der Waals surface area contributed by atoms with Crippen molar-refractivity contribution in [2.45, 2.75) is 26.7 Å². The summed E-state index contributed by atoms with van der Waals surface area (Å²) in [7, 11) is 0. The van der Waals surface area contributed by atoms with Crippen molar-refractivity contribution >= 4 is 0 Å². The molecule has 1 aliphatic rings. The fraction of sp³-hybridized carbons (Fsp3) is 1.00. The summed E-state index contributed by atoms with van der Waals surface area (Å²) in [5.41, 5.74) is -1.33. The highest BCUT2D eigenvalue weighted by Crippen LogP contribution is 2.18. The average Bonchev–Trinajstić information content (AvgIpc) is 3.43. The van der Waals surface area contributed by atoms with Gasteiger partial charge in [-0.2, -0.15) is 0 Å². The fourth-order valence-electron chi connectivity index (χ4n) is 0.971. The molecular formula is C14H32O7. The van der Waals surface area contributed by atoms with Crippen LogP contribution in [-0.4, -0.2) is 83.5 Å². The van der Waals surface area contributed by atoms with Gasteiger partial charge in [-0.1, -0.05) is 13.8 Å². The highest BCUT2D eigenvalue weighted by atomic mass is 16.6. The van der Waals surface area contributed by atoms with E-state index in [1.54, 1.807) is 0 Å². The van der Waals surface area contributed by atoms with E-state index in [2.05, 4.69) is 4.74 Å². The molecular weight excluding hydrogens is 280 g/mol. The summed E-state index contributed by atoms with van der Waals surface area (Å²) in [5.74, 6) is 0. The number of hydrogen-bond acceptors (Lipinski definition) is 7. The Bertz CT molecular complexity index is 156. The van der Waals surface area contributed by atoms with E-state index in [1.807, 2.05) is 13.8 Å². The van der Waals surface area contributed by atoms with Gasteiger partial charge in [0, 0.05) is 10.8 Å². The third-order valence-corrected chi connectivity index (χ3v) is 3.72. The Balaban J connectivity index is 0. The molecule has 0 aromatic heterocycles. The zero-order valence-corrected chi connectivity index (χ0v) is 13.2. The topological polar surface area (TPSA) is 134 Å². The van der Waals surface area contributed by atoms with E-state index >= 15 is 0 Å². The molecule has 0 aromatic rings. The second-order valence-corrected chi connectivity index (χ2v) is 5.27. The molecule has 130 valence electrons. The number of aliphatic hydroxyl groups is 6. The molecule has 0 amide bonds. The lowest BCUT2D eigenvalue weighted by Gasteiger charge is -2.24. The summed E-state index contributed by atoms with van der Waals surface area (Å²) in [4.78, 5) is 0. The first-order chi connectivity index (χ1) is 9.99. The van der Waals surface area contributed by atoms with Crippen LogP contribution in [0.2, 0.25) is 0 Å². The van der Waals surface area contributed by atoms with E-state index in [0.29, 0.717) is 12.8 Å². The van der Waals surface area contributed by atoms with Crippen LogP contribution in [0.25, 0.3) is 0 Å². The largest absolute Gasteiger partial charge is 0.396 e. The third-order valence-electron chi connectivity index (χ3n) is 3.72. The monoisotopic (exact) mass is 312 g/mol. The summed E-state index contributed by atoms with van der Waals surface area (Å²) < 4.78 is 4.50. The fourth-order valence-corrected chi connectivity index (χ4v) is 0.971. The summed E-state index contributed by atoms with van der Waals surface area (Å²) in [6.45, 7) is 4.71. The van der Waals surface area contributed by atoms with Gasteiger partial charge >= 0.3 is 0 Å². The molecule has 6 N–H and O–H groups in total. The number of aliphatic hydroxyl groups excluding tert-OH is 6. The molecule has 0 spiro atoms. The highest BCUT2D eigenvalue weighted by molar-refractivity contribution is 4.74. The van der Waals surface area contributed by atoms with Crippen molar-refractivity contribution in [2.75, 3.05) is 52.9 Å². The lowest BCUT2D eigenvalue weighted by molar-refractivity contribution is 0.00275. The molecule has 1 saturated heterocycles. The molecule has 0 radical (unpaired) electrons. The van der Waals surface area contributed by atoms with Crippen LogP contribution in [0.15, 0.2) is 0 Å². The molecule has 7 nitrogen and oxygen atoms in total. The van der Waals surface area contributed by atoms with Gasteiger partial charge in [-0.25, -0.2) is 0 Å². The minimum absolute atomic E-state index is 0.156. The maximum atomic E-state index is 8.66. The van der Waals surface area contributed by atoms with Crippen LogP contribution < -0.4 is 0 Å². The third kappa shape index (κ3) is 10.1. The number of ether oxygens (including phenoxy) is 1. The predicted octanol–water partition coefficient (Wildman–Crippen LogP) is -1.26. The highest BCUT2D eigenvalue weighted by Gasteiger charge is 2.25. The van der Waals surface area contributed by atoms with Crippen LogP contribution in [0.3, 0.4) is 0 Å². The van der Waals surface area contributed by atoms with E-state index in [-0.39, 0.29) is 39.6 Å². The molecule has 7 heteroatoms. The van der Waals surface area contributed by atoms with Gasteiger partial charge in [0.15, 0.2) is 0 Å². The van der Waals surface area contributed by atoms with Crippen LogP contribution in [0.1, 0.15) is 26.7 Å². The van der Waals surface area contributed by atoms with Gasteiger partial charge in [0.25, 0.3) is 0 Å². The van der Waals surface area contributed by atoms with Gasteiger partial charge in [0.05, 0.1) is 52.9 Å². The van der Waals surface area contributed by atoms with E-state index in [1.165, 1.54) is 0 Å². The van der Waals surface area contributed by atoms with Gasteiger partial charge in [0.1, 0.15) is 0 Å². The SMILES string of the molecule is C1CO1.CCC(CO)(CO)CO.CCC(CO)(CO)CO. The van der Waals surface area contributed by atoms with Crippen LogP contribution in [0, 0.1) is 10.8 Å². The van der Waals surface area contributed by atoms with E-state index < -0.39 is 10.8 Å². The Morgan fingerprint density at radius 1 is 0.619 bits per heavy atom. The zero-order valence-electron chi connectivity index (χ0n) is 13.2. The van der Waals surface area contributed by atoms with Crippen molar-refractivity contribution in [3.8, 4) is 0 Å². The van der Waals surface area contributed by atoms with Gasteiger partial charge < -0.3 is 35.4 Å². The summed E-state index contributed by atoms with van der Waals surface area (Å²) in [6.07, 6.45) is 1.19. The normalized spacial score (nSPS) is 13.7. The first kappa shape index (κ1) is 23.0. The Hall–Kier alpha value is -0.280. The number of epoxide rings is 1. The van der Waals surface area contributed by atoms with E-state index in [9.17, 15) is 0 Å². The summed E-state index contributed by atoms with van der Waals surface area (Å²) in [6, 6.07) is 0. The Morgan fingerprint density at radius 3 is 0.810 bits per heavy atom. The van der Waals surface area contributed by atoms with E-state index in [0.717, 1.165) is 13.2 Å². The molecule has 1 aliphatic heterocycles. The Morgan fingerprint density at radius 2 is 0.810 bits per heavy atom. The molecule has 21 heavy (non-hydrogen) atoms. The van der Waals surface area contributed by atoms with Gasteiger partial charge in [0.2, 0.25) is 0 Å². The summed E-state index contributed by atoms with van der Waals surface area (Å²) >= 11 is 0. The molecule has 0 unspecified atom stereocenters. The second-order valence-electron chi connectivity index (χ2n) is 5.27. The standard InChI is InChI=1S/2C6H14O3.C2H4O/c2*1-2-6(3-7,4-8)5-9;1-2-3-1/h2*7-9H,2-5H2,1H3;1-2H2. The van der Waals surface area contributed by atoms with Crippen molar-refractivity contribution in [1.82, 2.24) is 0 Å². The number of hydrogen-bond donors (Lipinski definition) is 6. The predicted molar refractivity (Wildman–Crippen MR) is 78.8 cm³/mol. The van der Waals surface area contributed by atoms with Gasteiger partial charge in [-0.05, 0) is 12.8 Å². The van der Waals surface area contributed by atoms with Crippen molar-refractivity contribution in [1.29, 1.82) is 0 Å². The molecule has 1 rings (SSSR count). The Kier molecular flexibility index (Phi) is 14.7. The van der Waals surface area contributed by atoms with Crippen LogP contribution in [0.5, 0.6) is 0 Å². The Labute approximate surface area is 126 Å². The number of rotatable bonds is 8. The van der Waals surface area contributed by atoms with Crippen LogP contribution >= 0.6 is 0 Å². The van der Waals surface area contributed by atoms with Gasteiger partial charge in [-0.3, -0.25) is 0 Å². The van der Waals surface area contributed by atoms with Crippen molar-refractivity contribution in [3.63, 3.8) is 0 Å². The first-order valence-corrected chi connectivity index (χ1v) is 7.22. The first-order valence-electron chi connectivity index (χ1n) is 7.22. The van der Waals surface area contributed by atoms with Crippen LogP contribution in [0.4, 0.5) is 0 Å². The van der Waals surface area contributed by atoms with Crippen molar-refractivity contribution < 1.29 is 35.4 Å².